The maximum atomic E-state index is 5.92. The van der Waals surface area contributed by atoms with Crippen molar-refractivity contribution < 1.29 is 0 Å². The average molecular weight is 198 g/mol. The van der Waals surface area contributed by atoms with E-state index in [1.54, 1.807) is 0 Å². The van der Waals surface area contributed by atoms with E-state index in [-0.39, 0.29) is 0 Å². The molecule has 0 saturated heterocycles. The van der Waals surface area contributed by atoms with Gasteiger partial charge in [0.25, 0.3) is 0 Å². The van der Waals surface area contributed by atoms with Gasteiger partial charge in [-0.25, -0.2) is 0 Å². The van der Waals surface area contributed by atoms with Crippen LogP contribution in [-0.2, 0) is 0 Å². The Morgan fingerprint density at radius 2 is 1.93 bits per heavy atom. The second-order valence-electron chi connectivity index (χ2n) is 5.36. The summed E-state index contributed by atoms with van der Waals surface area (Å²) in [6.07, 6.45) is 3.79. The lowest BCUT2D eigenvalue weighted by Crippen LogP contribution is -2.36. The highest BCUT2D eigenvalue weighted by molar-refractivity contribution is 4.80. The normalized spacial score (nSPS) is 30.2. The molecule has 1 rings (SSSR count). The van der Waals surface area contributed by atoms with E-state index in [1.165, 1.54) is 25.8 Å². The van der Waals surface area contributed by atoms with E-state index < -0.39 is 0 Å². The van der Waals surface area contributed by atoms with Gasteiger partial charge in [0, 0.05) is 18.6 Å². The fraction of sp³-hybridized carbons (Fsp3) is 1.00. The number of nitrogens with zero attached hydrogens (tertiary/aromatic N) is 1. The fourth-order valence-corrected chi connectivity index (χ4v) is 2.36. The maximum Gasteiger partial charge on any atom is 0.00869 e. The van der Waals surface area contributed by atoms with Crippen molar-refractivity contribution in [3.63, 3.8) is 0 Å². The molecule has 1 aliphatic carbocycles. The van der Waals surface area contributed by atoms with Crippen molar-refractivity contribution >= 4 is 0 Å². The summed E-state index contributed by atoms with van der Waals surface area (Å²) in [7, 11) is 2.24. The number of rotatable bonds is 4. The standard InChI is InChI=1S/C12H26N2/c1-9(2)10(3)14(4)8-11-5-6-12(13)7-11/h9-12H,5-8,13H2,1-4H3. The molecule has 2 heteroatoms. The van der Waals surface area contributed by atoms with Crippen LogP contribution < -0.4 is 5.73 Å². The molecule has 0 spiro atoms. The molecule has 2 N–H and O–H groups in total. The summed E-state index contributed by atoms with van der Waals surface area (Å²) in [5.74, 6) is 1.59. The third-order valence-corrected chi connectivity index (χ3v) is 3.79. The molecule has 0 heterocycles. The van der Waals surface area contributed by atoms with Crippen LogP contribution >= 0.6 is 0 Å². The van der Waals surface area contributed by atoms with E-state index in [1.807, 2.05) is 0 Å². The molecule has 0 aliphatic heterocycles. The largest absolute Gasteiger partial charge is 0.328 e. The molecular formula is C12H26N2. The smallest absolute Gasteiger partial charge is 0.00869 e. The Balaban J connectivity index is 2.29. The van der Waals surface area contributed by atoms with Crippen LogP contribution in [0.2, 0.25) is 0 Å². The monoisotopic (exact) mass is 198 g/mol. The van der Waals surface area contributed by atoms with Crippen molar-refractivity contribution in [2.75, 3.05) is 13.6 Å². The Kier molecular flexibility index (Phi) is 4.39. The van der Waals surface area contributed by atoms with E-state index in [4.69, 9.17) is 5.73 Å². The van der Waals surface area contributed by atoms with Gasteiger partial charge in [-0.15, -0.1) is 0 Å². The summed E-state index contributed by atoms with van der Waals surface area (Å²) in [6.45, 7) is 8.13. The number of hydrogen-bond donors (Lipinski definition) is 1. The van der Waals surface area contributed by atoms with Gasteiger partial charge in [0.2, 0.25) is 0 Å². The molecule has 2 nitrogen and oxygen atoms in total. The van der Waals surface area contributed by atoms with Crippen molar-refractivity contribution in [1.82, 2.24) is 4.90 Å². The van der Waals surface area contributed by atoms with Gasteiger partial charge < -0.3 is 10.6 Å². The Bertz CT molecular complexity index is 168. The van der Waals surface area contributed by atoms with E-state index >= 15 is 0 Å². The van der Waals surface area contributed by atoms with E-state index in [0.717, 1.165) is 11.8 Å². The van der Waals surface area contributed by atoms with Gasteiger partial charge in [-0.1, -0.05) is 13.8 Å². The van der Waals surface area contributed by atoms with Crippen LogP contribution in [0.3, 0.4) is 0 Å². The predicted octanol–water partition coefficient (Wildman–Crippen LogP) is 2.09. The molecular weight excluding hydrogens is 172 g/mol. The molecule has 0 aromatic rings. The highest BCUT2D eigenvalue weighted by atomic mass is 15.1. The number of nitrogens with two attached hydrogens (primary N) is 1. The molecule has 3 unspecified atom stereocenters. The third kappa shape index (κ3) is 3.25. The molecule has 14 heavy (non-hydrogen) atoms. The average Bonchev–Trinajstić information content (AvgIpc) is 2.49. The lowest BCUT2D eigenvalue weighted by Gasteiger charge is -2.30. The summed E-state index contributed by atoms with van der Waals surface area (Å²) in [4.78, 5) is 2.49. The lowest BCUT2D eigenvalue weighted by molar-refractivity contribution is 0.179. The van der Waals surface area contributed by atoms with Crippen LogP contribution in [-0.4, -0.2) is 30.6 Å². The van der Waals surface area contributed by atoms with Crippen molar-refractivity contribution in [2.45, 2.75) is 52.1 Å². The lowest BCUT2D eigenvalue weighted by atomic mass is 10.0. The summed E-state index contributed by atoms with van der Waals surface area (Å²) >= 11 is 0. The predicted molar refractivity (Wildman–Crippen MR) is 62.2 cm³/mol. The summed E-state index contributed by atoms with van der Waals surface area (Å²) < 4.78 is 0. The van der Waals surface area contributed by atoms with E-state index in [2.05, 4.69) is 32.7 Å². The molecule has 3 atom stereocenters. The highest BCUT2D eigenvalue weighted by Crippen LogP contribution is 2.25. The fourth-order valence-electron chi connectivity index (χ4n) is 2.36. The first-order valence-electron chi connectivity index (χ1n) is 5.96. The Labute approximate surface area is 88.8 Å². The molecule has 0 aromatic heterocycles. The molecule has 1 aliphatic rings. The van der Waals surface area contributed by atoms with Gasteiger partial charge in [-0.3, -0.25) is 0 Å². The van der Waals surface area contributed by atoms with E-state index in [9.17, 15) is 0 Å². The molecule has 0 bridgehead atoms. The van der Waals surface area contributed by atoms with Crippen LogP contribution in [0.15, 0.2) is 0 Å². The van der Waals surface area contributed by atoms with Gasteiger partial charge in [0.1, 0.15) is 0 Å². The van der Waals surface area contributed by atoms with Crippen molar-refractivity contribution in [3.05, 3.63) is 0 Å². The van der Waals surface area contributed by atoms with Crippen LogP contribution in [0.5, 0.6) is 0 Å². The first kappa shape index (κ1) is 12.0. The van der Waals surface area contributed by atoms with Gasteiger partial charge in [-0.2, -0.15) is 0 Å². The minimum absolute atomic E-state index is 0.475. The van der Waals surface area contributed by atoms with Gasteiger partial charge in [0.15, 0.2) is 0 Å². The summed E-state index contributed by atoms with van der Waals surface area (Å²) in [6, 6.07) is 1.16. The zero-order valence-electron chi connectivity index (χ0n) is 10.2. The quantitative estimate of drug-likeness (QED) is 0.749. The minimum Gasteiger partial charge on any atom is -0.328 e. The Morgan fingerprint density at radius 1 is 1.29 bits per heavy atom. The topological polar surface area (TPSA) is 29.3 Å². The van der Waals surface area contributed by atoms with Crippen molar-refractivity contribution in [3.8, 4) is 0 Å². The molecule has 1 saturated carbocycles. The zero-order valence-corrected chi connectivity index (χ0v) is 10.2. The molecule has 0 radical (unpaired) electrons. The molecule has 0 amide bonds. The minimum atomic E-state index is 0.475. The number of hydrogen-bond acceptors (Lipinski definition) is 2. The first-order valence-corrected chi connectivity index (χ1v) is 5.96. The zero-order chi connectivity index (χ0) is 10.7. The molecule has 0 aromatic carbocycles. The van der Waals surface area contributed by atoms with Crippen molar-refractivity contribution in [2.24, 2.45) is 17.6 Å². The van der Waals surface area contributed by atoms with Gasteiger partial charge in [0.05, 0.1) is 0 Å². The Hall–Kier alpha value is -0.0800. The maximum absolute atomic E-state index is 5.92. The van der Waals surface area contributed by atoms with Crippen LogP contribution in [0.25, 0.3) is 0 Å². The Morgan fingerprint density at radius 3 is 2.36 bits per heavy atom. The third-order valence-electron chi connectivity index (χ3n) is 3.79. The van der Waals surface area contributed by atoms with Crippen LogP contribution in [0.4, 0.5) is 0 Å². The van der Waals surface area contributed by atoms with Gasteiger partial charge >= 0.3 is 0 Å². The molecule has 84 valence electrons. The van der Waals surface area contributed by atoms with Crippen molar-refractivity contribution in [1.29, 1.82) is 0 Å². The first-order chi connectivity index (χ1) is 6.50. The van der Waals surface area contributed by atoms with Crippen LogP contribution in [0.1, 0.15) is 40.0 Å². The second-order valence-corrected chi connectivity index (χ2v) is 5.36. The SMILES string of the molecule is CC(C)C(C)N(C)CC1CCC(N)C1. The highest BCUT2D eigenvalue weighted by Gasteiger charge is 2.24. The summed E-state index contributed by atoms with van der Waals surface area (Å²) in [5.41, 5.74) is 5.92. The van der Waals surface area contributed by atoms with E-state index in [0.29, 0.717) is 12.1 Å². The summed E-state index contributed by atoms with van der Waals surface area (Å²) in [5, 5.41) is 0. The second kappa shape index (κ2) is 5.13. The van der Waals surface area contributed by atoms with Gasteiger partial charge in [-0.05, 0) is 45.1 Å². The van der Waals surface area contributed by atoms with Crippen LogP contribution in [0, 0.1) is 11.8 Å². The molecule has 1 fully saturated rings.